The minimum absolute atomic E-state index is 0.330. The second-order valence-corrected chi connectivity index (χ2v) is 5.13. The molecule has 2 aromatic rings. The molecule has 5 nitrogen and oxygen atoms in total. The van der Waals surface area contributed by atoms with E-state index in [0.29, 0.717) is 11.1 Å². The summed E-state index contributed by atoms with van der Waals surface area (Å²) in [7, 11) is 0. The maximum absolute atomic E-state index is 12.5. The molecule has 122 valence electrons. The predicted octanol–water partition coefficient (Wildman–Crippen LogP) is 2.92. The van der Waals surface area contributed by atoms with Crippen LogP contribution >= 0.6 is 0 Å². The summed E-state index contributed by atoms with van der Waals surface area (Å²) in [4.78, 5) is 35.0. The van der Waals surface area contributed by atoms with Crippen LogP contribution in [0.4, 0.5) is 0 Å². The lowest BCUT2D eigenvalue weighted by atomic mass is 9.91. The van der Waals surface area contributed by atoms with Gasteiger partial charge in [-0.3, -0.25) is 9.59 Å². The van der Waals surface area contributed by atoms with Crippen LogP contribution in [-0.4, -0.2) is 23.0 Å². The van der Waals surface area contributed by atoms with Gasteiger partial charge in [0.1, 0.15) is 5.92 Å². The topological polar surface area (TPSA) is 80.7 Å². The second-order valence-electron chi connectivity index (χ2n) is 5.13. The highest BCUT2D eigenvalue weighted by Crippen LogP contribution is 2.26. The van der Waals surface area contributed by atoms with Crippen molar-refractivity contribution in [1.82, 2.24) is 0 Å². The minimum Gasteiger partial charge on any atom is -0.478 e. The number of rotatable bonds is 6. The highest BCUT2D eigenvalue weighted by atomic mass is 16.6. The van der Waals surface area contributed by atoms with E-state index in [4.69, 9.17) is 9.84 Å². The molecular weight excluding hydrogens is 308 g/mol. The van der Waals surface area contributed by atoms with Gasteiger partial charge in [0.05, 0.1) is 6.42 Å². The standard InChI is InChI=1S/C19H16O5/c1-13(18(21)22)12-16(20)24-19(23)17(14-8-4-2-5-9-14)15-10-6-3-7-11-15/h2-11,17H,1,12H2,(H,21,22). The Kier molecular flexibility index (Phi) is 5.63. The van der Waals surface area contributed by atoms with Gasteiger partial charge in [-0.15, -0.1) is 0 Å². The van der Waals surface area contributed by atoms with Gasteiger partial charge in [-0.25, -0.2) is 4.79 Å². The number of carbonyl (C=O) groups is 3. The summed E-state index contributed by atoms with van der Waals surface area (Å²) in [5, 5.41) is 8.74. The summed E-state index contributed by atoms with van der Waals surface area (Å²) in [5.41, 5.74) is 1.03. The van der Waals surface area contributed by atoms with Crippen molar-refractivity contribution in [3.05, 3.63) is 83.9 Å². The highest BCUT2D eigenvalue weighted by molar-refractivity contribution is 5.96. The second kappa shape index (κ2) is 7.87. The van der Waals surface area contributed by atoms with E-state index < -0.39 is 30.2 Å². The van der Waals surface area contributed by atoms with Gasteiger partial charge >= 0.3 is 17.9 Å². The molecule has 0 aliphatic rings. The van der Waals surface area contributed by atoms with Crippen LogP contribution in [0.2, 0.25) is 0 Å². The van der Waals surface area contributed by atoms with Crippen LogP contribution in [0.15, 0.2) is 72.8 Å². The molecule has 0 radical (unpaired) electrons. The molecule has 0 fully saturated rings. The number of benzene rings is 2. The normalized spacial score (nSPS) is 10.2. The van der Waals surface area contributed by atoms with Crippen molar-refractivity contribution in [2.45, 2.75) is 12.3 Å². The van der Waals surface area contributed by atoms with Crippen LogP contribution < -0.4 is 0 Å². The van der Waals surface area contributed by atoms with E-state index in [1.807, 2.05) is 12.1 Å². The van der Waals surface area contributed by atoms with E-state index in [0.717, 1.165) is 0 Å². The lowest BCUT2D eigenvalue weighted by Gasteiger charge is -2.16. The van der Waals surface area contributed by atoms with Gasteiger partial charge in [-0.05, 0) is 11.1 Å². The first-order valence-corrected chi connectivity index (χ1v) is 7.24. The summed E-state index contributed by atoms with van der Waals surface area (Å²) in [6, 6.07) is 17.8. The van der Waals surface area contributed by atoms with Crippen molar-refractivity contribution >= 4 is 17.9 Å². The average molecular weight is 324 g/mol. The average Bonchev–Trinajstić information content (AvgIpc) is 2.56. The fourth-order valence-electron chi connectivity index (χ4n) is 2.21. The molecule has 0 bridgehead atoms. The van der Waals surface area contributed by atoms with Crippen LogP contribution in [0, 0.1) is 0 Å². The van der Waals surface area contributed by atoms with Crippen molar-refractivity contribution in [3.63, 3.8) is 0 Å². The van der Waals surface area contributed by atoms with E-state index in [-0.39, 0.29) is 5.57 Å². The molecule has 0 unspecified atom stereocenters. The third kappa shape index (κ3) is 4.39. The Labute approximate surface area is 139 Å². The van der Waals surface area contributed by atoms with Crippen molar-refractivity contribution < 1.29 is 24.2 Å². The van der Waals surface area contributed by atoms with Gasteiger partial charge in [-0.2, -0.15) is 0 Å². The SMILES string of the molecule is C=C(CC(=O)OC(=O)C(c1ccccc1)c1ccccc1)C(=O)O. The molecule has 0 aromatic heterocycles. The number of carbonyl (C=O) groups excluding carboxylic acids is 2. The van der Waals surface area contributed by atoms with E-state index in [9.17, 15) is 14.4 Å². The number of aliphatic carboxylic acids is 1. The van der Waals surface area contributed by atoms with Crippen LogP contribution in [0.5, 0.6) is 0 Å². The molecule has 2 aromatic carbocycles. The maximum Gasteiger partial charge on any atom is 0.331 e. The summed E-state index contributed by atoms with van der Waals surface area (Å²) < 4.78 is 4.84. The molecule has 0 spiro atoms. The first-order valence-electron chi connectivity index (χ1n) is 7.24. The first-order chi connectivity index (χ1) is 11.5. The van der Waals surface area contributed by atoms with Gasteiger partial charge in [0, 0.05) is 5.57 Å². The lowest BCUT2D eigenvalue weighted by molar-refractivity contribution is -0.160. The molecule has 0 saturated heterocycles. The van der Waals surface area contributed by atoms with Gasteiger partial charge in [-0.1, -0.05) is 67.2 Å². The predicted molar refractivity (Wildman–Crippen MR) is 87.2 cm³/mol. The molecule has 1 N–H and O–H groups in total. The van der Waals surface area contributed by atoms with Crippen molar-refractivity contribution in [2.24, 2.45) is 0 Å². The minimum atomic E-state index is -1.30. The summed E-state index contributed by atoms with van der Waals surface area (Å²) >= 11 is 0. The molecule has 0 atom stereocenters. The van der Waals surface area contributed by atoms with Crippen molar-refractivity contribution in [3.8, 4) is 0 Å². The van der Waals surface area contributed by atoms with Crippen LogP contribution in [0.3, 0.4) is 0 Å². The maximum atomic E-state index is 12.5. The Morgan fingerprint density at radius 1 is 0.917 bits per heavy atom. The molecule has 2 rings (SSSR count). The zero-order valence-corrected chi connectivity index (χ0v) is 12.8. The smallest absolute Gasteiger partial charge is 0.331 e. The summed E-state index contributed by atoms with van der Waals surface area (Å²) in [6.07, 6.45) is -0.544. The Morgan fingerprint density at radius 3 is 1.79 bits per heavy atom. The van der Waals surface area contributed by atoms with E-state index in [1.165, 1.54) is 0 Å². The molecule has 0 amide bonds. The monoisotopic (exact) mass is 324 g/mol. The number of hydrogen-bond acceptors (Lipinski definition) is 4. The molecular formula is C19H16O5. The first kappa shape index (κ1) is 17.1. The third-order valence-corrected chi connectivity index (χ3v) is 3.38. The van der Waals surface area contributed by atoms with Crippen LogP contribution in [0.25, 0.3) is 0 Å². The largest absolute Gasteiger partial charge is 0.478 e. The molecule has 0 heterocycles. The fourth-order valence-corrected chi connectivity index (χ4v) is 2.21. The zero-order valence-electron chi connectivity index (χ0n) is 12.8. The fraction of sp³-hybridized carbons (Fsp3) is 0.105. The van der Waals surface area contributed by atoms with Gasteiger partial charge in [0.25, 0.3) is 0 Å². The Balaban J connectivity index is 2.22. The van der Waals surface area contributed by atoms with Crippen LogP contribution in [0.1, 0.15) is 23.5 Å². The van der Waals surface area contributed by atoms with E-state index in [2.05, 4.69) is 6.58 Å². The Morgan fingerprint density at radius 2 is 1.38 bits per heavy atom. The number of carboxylic acid groups (broad SMARTS) is 1. The number of esters is 2. The quantitative estimate of drug-likeness (QED) is 0.502. The highest BCUT2D eigenvalue weighted by Gasteiger charge is 2.26. The van der Waals surface area contributed by atoms with E-state index >= 15 is 0 Å². The Bertz CT molecular complexity index is 710. The van der Waals surface area contributed by atoms with Crippen molar-refractivity contribution in [1.29, 1.82) is 0 Å². The van der Waals surface area contributed by atoms with Gasteiger partial charge < -0.3 is 9.84 Å². The summed E-state index contributed by atoms with van der Waals surface area (Å²) in [5.74, 6) is -3.77. The number of hydrogen-bond donors (Lipinski definition) is 1. The number of ether oxygens (including phenoxy) is 1. The third-order valence-electron chi connectivity index (χ3n) is 3.38. The summed E-state index contributed by atoms with van der Waals surface area (Å²) in [6.45, 7) is 3.25. The molecule has 0 aliphatic heterocycles. The van der Waals surface area contributed by atoms with Gasteiger partial charge in [0.2, 0.25) is 0 Å². The van der Waals surface area contributed by atoms with Crippen molar-refractivity contribution in [2.75, 3.05) is 0 Å². The Hall–Kier alpha value is -3.21. The number of carboxylic acids is 1. The van der Waals surface area contributed by atoms with E-state index in [1.54, 1.807) is 48.5 Å². The van der Waals surface area contributed by atoms with Gasteiger partial charge in [0.15, 0.2) is 0 Å². The zero-order chi connectivity index (χ0) is 17.5. The molecule has 5 heteroatoms. The molecule has 0 aliphatic carbocycles. The lowest BCUT2D eigenvalue weighted by Crippen LogP contribution is -2.21. The van der Waals surface area contributed by atoms with Crippen LogP contribution in [-0.2, 0) is 19.1 Å². The molecule has 0 saturated carbocycles. The molecule has 24 heavy (non-hydrogen) atoms.